The van der Waals surface area contributed by atoms with E-state index in [9.17, 15) is 9.59 Å². The molecule has 1 unspecified atom stereocenters. The highest BCUT2D eigenvalue weighted by atomic mass is 35.5. The minimum absolute atomic E-state index is 0.204. The van der Waals surface area contributed by atoms with E-state index in [1.54, 1.807) is 57.4 Å². The largest absolute Gasteiger partial charge is 0.480 e. The van der Waals surface area contributed by atoms with Crippen molar-refractivity contribution in [2.75, 3.05) is 19.4 Å². The number of nitriles is 1. The smallest absolute Gasteiger partial charge is 0.265 e. The molecule has 26 heavy (non-hydrogen) atoms. The van der Waals surface area contributed by atoms with Gasteiger partial charge in [-0.3, -0.25) is 9.59 Å². The zero-order chi connectivity index (χ0) is 19.3. The Morgan fingerprint density at radius 3 is 2.58 bits per heavy atom. The number of hydrogen-bond acceptors (Lipinski definition) is 4. The molecule has 0 bridgehead atoms. The number of rotatable bonds is 5. The minimum atomic E-state index is -0.867. The third kappa shape index (κ3) is 4.52. The van der Waals surface area contributed by atoms with Crippen LogP contribution in [0.5, 0.6) is 5.75 Å². The Bertz CT molecular complexity index is 875. The van der Waals surface area contributed by atoms with Crippen LogP contribution in [0, 0.1) is 11.3 Å². The standard InChI is InChI=1S/C19H18ClN3O3/c1-12(26-17-7-5-4-6-14(17)11-21)18(24)22-16-10-13(8-9-15(16)20)19(25)23(2)3/h4-10,12H,1-3H3,(H,22,24). The summed E-state index contributed by atoms with van der Waals surface area (Å²) in [5.74, 6) is -0.334. The first-order valence-electron chi connectivity index (χ1n) is 7.81. The summed E-state index contributed by atoms with van der Waals surface area (Å²) in [4.78, 5) is 25.9. The van der Waals surface area contributed by atoms with Crippen molar-refractivity contribution in [3.8, 4) is 11.8 Å². The van der Waals surface area contributed by atoms with Crippen molar-refractivity contribution in [3.05, 3.63) is 58.6 Å². The normalized spacial score (nSPS) is 11.2. The second kappa shape index (κ2) is 8.37. The van der Waals surface area contributed by atoms with E-state index in [2.05, 4.69) is 5.32 Å². The molecule has 0 aromatic heterocycles. The Morgan fingerprint density at radius 1 is 1.23 bits per heavy atom. The third-order valence-corrected chi connectivity index (χ3v) is 3.89. The van der Waals surface area contributed by atoms with Gasteiger partial charge in [0.05, 0.1) is 16.3 Å². The molecule has 7 heteroatoms. The summed E-state index contributed by atoms with van der Waals surface area (Å²) in [6, 6.07) is 13.3. The molecule has 6 nitrogen and oxygen atoms in total. The first-order valence-corrected chi connectivity index (χ1v) is 8.19. The number of ether oxygens (including phenoxy) is 1. The van der Waals surface area contributed by atoms with Crippen LogP contribution in [0.2, 0.25) is 5.02 Å². The van der Waals surface area contributed by atoms with Crippen molar-refractivity contribution in [2.24, 2.45) is 0 Å². The predicted octanol–water partition coefficient (Wildman–Crippen LogP) is 3.32. The van der Waals surface area contributed by atoms with Crippen LogP contribution < -0.4 is 10.1 Å². The first kappa shape index (κ1) is 19.3. The van der Waals surface area contributed by atoms with E-state index in [4.69, 9.17) is 21.6 Å². The van der Waals surface area contributed by atoms with Gasteiger partial charge in [-0.2, -0.15) is 5.26 Å². The van der Waals surface area contributed by atoms with Gasteiger partial charge in [-0.25, -0.2) is 0 Å². The van der Waals surface area contributed by atoms with Crippen molar-refractivity contribution in [1.82, 2.24) is 4.90 Å². The van der Waals surface area contributed by atoms with Crippen LogP contribution in [0.3, 0.4) is 0 Å². The number of benzene rings is 2. The zero-order valence-corrected chi connectivity index (χ0v) is 15.4. The number of amides is 2. The predicted molar refractivity (Wildman–Crippen MR) is 99.3 cm³/mol. The summed E-state index contributed by atoms with van der Waals surface area (Å²) in [6.45, 7) is 1.56. The SMILES string of the molecule is CC(Oc1ccccc1C#N)C(=O)Nc1cc(C(=O)N(C)C)ccc1Cl. The van der Waals surface area contributed by atoms with Gasteiger partial charge in [0.1, 0.15) is 11.8 Å². The zero-order valence-electron chi connectivity index (χ0n) is 14.6. The quantitative estimate of drug-likeness (QED) is 0.874. The van der Waals surface area contributed by atoms with Crippen LogP contribution in [-0.2, 0) is 4.79 Å². The maximum Gasteiger partial charge on any atom is 0.265 e. The number of nitrogens with one attached hydrogen (secondary N) is 1. The van der Waals surface area contributed by atoms with Gasteiger partial charge in [0.15, 0.2) is 6.10 Å². The molecule has 0 radical (unpaired) electrons. The van der Waals surface area contributed by atoms with E-state index in [0.29, 0.717) is 27.6 Å². The summed E-state index contributed by atoms with van der Waals surface area (Å²) in [5, 5.41) is 12.0. The van der Waals surface area contributed by atoms with E-state index in [0.717, 1.165) is 0 Å². The molecular formula is C19H18ClN3O3. The molecule has 0 spiro atoms. The Hall–Kier alpha value is -3.04. The number of carbonyl (C=O) groups excluding carboxylic acids is 2. The topological polar surface area (TPSA) is 82.4 Å². The molecule has 1 N–H and O–H groups in total. The van der Waals surface area contributed by atoms with E-state index >= 15 is 0 Å². The van der Waals surface area contributed by atoms with Crippen molar-refractivity contribution < 1.29 is 14.3 Å². The van der Waals surface area contributed by atoms with Crippen molar-refractivity contribution in [1.29, 1.82) is 5.26 Å². The van der Waals surface area contributed by atoms with Gasteiger partial charge < -0.3 is 15.0 Å². The number of carbonyl (C=O) groups is 2. The summed E-state index contributed by atoms with van der Waals surface area (Å²) < 4.78 is 5.57. The van der Waals surface area contributed by atoms with Crippen molar-refractivity contribution in [2.45, 2.75) is 13.0 Å². The molecule has 0 saturated heterocycles. The average Bonchev–Trinajstić information content (AvgIpc) is 2.63. The molecule has 1 atom stereocenters. The van der Waals surface area contributed by atoms with Crippen LogP contribution in [0.15, 0.2) is 42.5 Å². The van der Waals surface area contributed by atoms with Gasteiger partial charge in [-0.15, -0.1) is 0 Å². The highest BCUT2D eigenvalue weighted by Gasteiger charge is 2.19. The Balaban J connectivity index is 2.15. The van der Waals surface area contributed by atoms with Crippen LogP contribution in [0.1, 0.15) is 22.8 Å². The van der Waals surface area contributed by atoms with Gasteiger partial charge in [0, 0.05) is 19.7 Å². The Morgan fingerprint density at radius 2 is 1.92 bits per heavy atom. The summed E-state index contributed by atoms with van der Waals surface area (Å²) >= 11 is 6.11. The molecule has 0 aliphatic carbocycles. The second-order valence-corrected chi connectivity index (χ2v) is 6.16. The fourth-order valence-electron chi connectivity index (χ4n) is 2.15. The molecule has 2 aromatic carbocycles. The summed E-state index contributed by atoms with van der Waals surface area (Å²) in [7, 11) is 3.27. The first-order chi connectivity index (χ1) is 12.3. The highest BCUT2D eigenvalue weighted by Crippen LogP contribution is 2.24. The van der Waals surface area contributed by atoms with Gasteiger partial charge >= 0.3 is 0 Å². The second-order valence-electron chi connectivity index (χ2n) is 5.75. The molecule has 134 valence electrons. The van der Waals surface area contributed by atoms with Crippen LogP contribution in [-0.4, -0.2) is 36.9 Å². The lowest BCUT2D eigenvalue weighted by atomic mass is 10.1. The van der Waals surface area contributed by atoms with Gasteiger partial charge in [-0.05, 0) is 37.3 Å². The Kier molecular flexibility index (Phi) is 6.21. The number of halogens is 1. The maximum atomic E-state index is 12.4. The van der Waals surface area contributed by atoms with E-state index in [1.165, 1.54) is 11.0 Å². The van der Waals surface area contributed by atoms with Gasteiger partial charge in [-0.1, -0.05) is 23.7 Å². The van der Waals surface area contributed by atoms with E-state index in [1.807, 2.05) is 6.07 Å². The molecule has 0 heterocycles. The molecule has 0 saturated carbocycles. The van der Waals surface area contributed by atoms with Crippen LogP contribution in [0.25, 0.3) is 0 Å². The lowest BCUT2D eigenvalue weighted by Crippen LogP contribution is -2.30. The third-order valence-electron chi connectivity index (χ3n) is 3.56. The molecule has 0 aliphatic rings. The van der Waals surface area contributed by atoms with E-state index in [-0.39, 0.29) is 5.91 Å². The van der Waals surface area contributed by atoms with Gasteiger partial charge in [0.2, 0.25) is 0 Å². The highest BCUT2D eigenvalue weighted by molar-refractivity contribution is 6.34. The molecule has 2 amide bonds. The number of anilines is 1. The fourth-order valence-corrected chi connectivity index (χ4v) is 2.32. The Labute approximate surface area is 156 Å². The molecule has 2 rings (SSSR count). The monoisotopic (exact) mass is 371 g/mol. The minimum Gasteiger partial charge on any atom is -0.480 e. The van der Waals surface area contributed by atoms with Crippen LogP contribution in [0.4, 0.5) is 5.69 Å². The van der Waals surface area contributed by atoms with Crippen LogP contribution >= 0.6 is 11.6 Å². The number of hydrogen-bond donors (Lipinski definition) is 1. The maximum absolute atomic E-state index is 12.4. The summed E-state index contributed by atoms with van der Waals surface area (Å²) in [5.41, 5.74) is 1.05. The van der Waals surface area contributed by atoms with Crippen molar-refractivity contribution >= 4 is 29.1 Å². The summed E-state index contributed by atoms with van der Waals surface area (Å²) in [6.07, 6.45) is -0.867. The average molecular weight is 372 g/mol. The molecule has 0 fully saturated rings. The van der Waals surface area contributed by atoms with E-state index < -0.39 is 12.0 Å². The molecular weight excluding hydrogens is 354 g/mol. The fraction of sp³-hybridized carbons (Fsp3) is 0.211. The number of para-hydroxylation sites is 1. The van der Waals surface area contributed by atoms with Crippen molar-refractivity contribution in [3.63, 3.8) is 0 Å². The molecule has 0 aliphatic heterocycles. The lowest BCUT2D eigenvalue weighted by Gasteiger charge is -2.17. The molecule has 2 aromatic rings. The number of nitrogens with zero attached hydrogens (tertiary/aromatic N) is 2. The lowest BCUT2D eigenvalue weighted by molar-refractivity contribution is -0.122. The van der Waals surface area contributed by atoms with Gasteiger partial charge in [0.25, 0.3) is 11.8 Å².